The molecule has 0 unspecified atom stereocenters. The van der Waals surface area contributed by atoms with Crippen LogP contribution in [0.15, 0.2) is 28.8 Å². The Kier molecular flexibility index (Phi) is 3.85. The van der Waals surface area contributed by atoms with Crippen molar-refractivity contribution in [3.8, 4) is 0 Å². The number of nitrogens with zero attached hydrogens (tertiary/aromatic N) is 2. The van der Waals surface area contributed by atoms with Gasteiger partial charge in [-0.05, 0) is 38.0 Å². The minimum Gasteiger partial charge on any atom is -0.361 e. The van der Waals surface area contributed by atoms with E-state index in [4.69, 9.17) is 4.52 Å². The molecule has 8 heteroatoms. The van der Waals surface area contributed by atoms with E-state index in [0.717, 1.165) is 5.56 Å². The van der Waals surface area contributed by atoms with Crippen LogP contribution in [-0.4, -0.2) is 31.8 Å². The van der Waals surface area contributed by atoms with Crippen molar-refractivity contribution in [1.82, 2.24) is 5.16 Å². The fourth-order valence-electron chi connectivity index (χ4n) is 2.49. The lowest BCUT2D eigenvalue weighted by molar-refractivity contribution is 0.101. The number of amides is 1. The zero-order chi connectivity index (χ0) is 16.6. The van der Waals surface area contributed by atoms with Crippen LogP contribution in [0.5, 0.6) is 0 Å². The van der Waals surface area contributed by atoms with Crippen LogP contribution in [0.25, 0.3) is 0 Å². The van der Waals surface area contributed by atoms with Gasteiger partial charge in [-0.15, -0.1) is 0 Å². The van der Waals surface area contributed by atoms with Crippen molar-refractivity contribution in [2.75, 3.05) is 21.9 Å². The highest BCUT2D eigenvalue weighted by molar-refractivity contribution is 7.93. The Hall–Kier alpha value is -2.35. The number of benzene rings is 1. The predicted molar refractivity (Wildman–Crippen MR) is 86.1 cm³/mol. The van der Waals surface area contributed by atoms with Crippen molar-refractivity contribution in [2.45, 2.75) is 20.3 Å². The molecule has 0 saturated carbocycles. The van der Waals surface area contributed by atoms with Crippen LogP contribution in [0.2, 0.25) is 0 Å². The van der Waals surface area contributed by atoms with E-state index in [1.54, 1.807) is 31.2 Å². The highest BCUT2D eigenvalue weighted by Gasteiger charge is 2.28. The van der Waals surface area contributed by atoms with Gasteiger partial charge in [0, 0.05) is 18.3 Å². The van der Waals surface area contributed by atoms with Crippen LogP contribution in [0.4, 0.5) is 11.4 Å². The molecule has 23 heavy (non-hydrogen) atoms. The molecular weight excluding hydrogens is 318 g/mol. The fraction of sp³-hybridized carbons (Fsp3) is 0.333. The SMILES string of the molecule is Cc1cc(C(=O)Nc2cc(N3CCCS3(=O)=O)ccc2C)no1. The average molecular weight is 335 g/mol. The van der Waals surface area contributed by atoms with Gasteiger partial charge < -0.3 is 9.84 Å². The summed E-state index contributed by atoms with van der Waals surface area (Å²) in [6.07, 6.45) is 0.607. The van der Waals surface area contributed by atoms with Gasteiger partial charge in [0.1, 0.15) is 5.76 Å². The standard InChI is InChI=1S/C15H17N3O4S/c1-10-4-5-12(18-6-3-7-23(18,20)21)9-13(10)16-15(19)14-8-11(2)22-17-14/h4-5,8-9H,3,6-7H2,1-2H3,(H,16,19). The summed E-state index contributed by atoms with van der Waals surface area (Å²) in [6, 6.07) is 6.74. The largest absolute Gasteiger partial charge is 0.361 e. The molecule has 0 spiro atoms. The van der Waals surface area contributed by atoms with Crippen molar-refractivity contribution in [3.63, 3.8) is 0 Å². The summed E-state index contributed by atoms with van der Waals surface area (Å²) in [5.41, 5.74) is 2.12. The van der Waals surface area contributed by atoms with Crippen molar-refractivity contribution < 1.29 is 17.7 Å². The highest BCUT2D eigenvalue weighted by Crippen LogP contribution is 2.28. The fourth-order valence-corrected chi connectivity index (χ4v) is 4.05. The molecule has 122 valence electrons. The van der Waals surface area contributed by atoms with E-state index in [9.17, 15) is 13.2 Å². The number of carbonyl (C=O) groups excluding carboxylic acids is 1. The lowest BCUT2D eigenvalue weighted by Crippen LogP contribution is -2.25. The zero-order valence-corrected chi connectivity index (χ0v) is 13.7. The van der Waals surface area contributed by atoms with Gasteiger partial charge in [-0.3, -0.25) is 9.10 Å². The van der Waals surface area contributed by atoms with Crippen molar-refractivity contribution in [1.29, 1.82) is 0 Å². The first-order valence-electron chi connectivity index (χ1n) is 7.22. The van der Waals surface area contributed by atoms with Crippen LogP contribution in [0, 0.1) is 13.8 Å². The molecular formula is C15H17N3O4S. The second kappa shape index (κ2) is 5.69. The Morgan fingerprint density at radius 2 is 2.09 bits per heavy atom. The van der Waals surface area contributed by atoms with E-state index in [2.05, 4.69) is 10.5 Å². The Morgan fingerprint density at radius 1 is 1.30 bits per heavy atom. The third-order valence-electron chi connectivity index (χ3n) is 3.72. The maximum Gasteiger partial charge on any atom is 0.277 e. The molecule has 3 rings (SSSR count). The van der Waals surface area contributed by atoms with E-state index in [1.165, 1.54) is 4.31 Å². The summed E-state index contributed by atoms with van der Waals surface area (Å²) in [5, 5.41) is 6.42. The summed E-state index contributed by atoms with van der Waals surface area (Å²) in [7, 11) is -3.25. The predicted octanol–water partition coefficient (Wildman–Crippen LogP) is 2.08. The number of sulfonamides is 1. The topological polar surface area (TPSA) is 92.5 Å². The molecule has 2 heterocycles. The first-order chi connectivity index (χ1) is 10.9. The first-order valence-corrected chi connectivity index (χ1v) is 8.83. The number of carbonyl (C=O) groups is 1. The van der Waals surface area contributed by atoms with Gasteiger partial charge in [0.2, 0.25) is 10.0 Å². The van der Waals surface area contributed by atoms with E-state index in [0.29, 0.717) is 30.1 Å². The number of aryl methyl sites for hydroxylation is 2. The van der Waals surface area contributed by atoms with Crippen LogP contribution in [0.1, 0.15) is 28.2 Å². The summed E-state index contributed by atoms with van der Waals surface area (Å²) < 4.78 is 30.3. The van der Waals surface area contributed by atoms with Crippen LogP contribution >= 0.6 is 0 Å². The van der Waals surface area contributed by atoms with E-state index < -0.39 is 15.9 Å². The summed E-state index contributed by atoms with van der Waals surface area (Å²) in [6.45, 7) is 4.00. The van der Waals surface area contributed by atoms with Gasteiger partial charge in [0.25, 0.3) is 5.91 Å². The van der Waals surface area contributed by atoms with Gasteiger partial charge >= 0.3 is 0 Å². The minimum atomic E-state index is -3.25. The molecule has 1 amide bonds. The monoisotopic (exact) mass is 335 g/mol. The summed E-state index contributed by atoms with van der Waals surface area (Å²) in [5.74, 6) is 0.302. The Bertz CT molecular complexity index is 857. The molecule has 1 aliphatic heterocycles. The molecule has 1 aromatic heterocycles. The molecule has 0 bridgehead atoms. The molecule has 2 aromatic rings. The smallest absolute Gasteiger partial charge is 0.277 e. The first kappa shape index (κ1) is 15.5. The number of rotatable bonds is 3. The van der Waals surface area contributed by atoms with Crippen LogP contribution in [0.3, 0.4) is 0 Å². The number of hydrogen-bond donors (Lipinski definition) is 1. The molecule has 0 atom stereocenters. The van der Waals surface area contributed by atoms with Gasteiger partial charge in [0.05, 0.1) is 11.4 Å². The summed E-state index contributed by atoms with van der Waals surface area (Å²) >= 11 is 0. The quantitative estimate of drug-likeness (QED) is 0.927. The van der Waals surface area contributed by atoms with Crippen molar-refractivity contribution in [3.05, 3.63) is 41.3 Å². The second-order valence-electron chi connectivity index (χ2n) is 5.52. The highest BCUT2D eigenvalue weighted by atomic mass is 32.2. The molecule has 0 aliphatic carbocycles. The van der Waals surface area contributed by atoms with Crippen molar-refractivity contribution >= 4 is 27.3 Å². The van der Waals surface area contributed by atoms with Gasteiger partial charge in [-0.2, -0.15) is 0 Å². The summed E-state index contributed by atoms with van der Waals surface area (Å²) in [4.78, 5) is 12.2. The molecule has 1 saturated heterocycles. The van der Waals surface area contributed by atoms with Gasteiger partial charge in [0.15, 0.2) is 5.69 Å². The average Bonchev–Trinajstić information content (AvgIpc) is 3.07. The Balaban J connectivity index is 1.88. The van der Waals surface area contributed by atoms with Gasteiger partial charge in [-0.1, -0.05) is 11.2 Å². The van der Waals surface area contributed by atoms with E-state index >= 15 is 0 Å². The molecule has 0 radical (unpaired) electrons. The number of aromatic nitrogens is 1. The number of nitrogens with one attached hydrogen (secondary N) is 1. The number of anilines is 2. The normalized spacial score (nSPS) is 16.5. The van der Waals surface area contributed by atoms with Gasteiger partial charge in [-0.25, -0.2) is 8.42 Å². The lowest BCUT2D eigenvalue weighted by atomic mass is 10.1. The molecule has 7 nitrogen and oxygen atoms in total. The lowest BCUT2D eigenvalue weighted by Gasteiger charge is -2.18. The van der Waals surface area contributed by atoms with E-state index in [1.807, 2.05) is 6.92 Å². The van der Waals surface area contributed by atoms with Crippen LogP contribution < -0.4 is 9.62 Å². The number of hydrogen-bond acceptors (Lipinski definition) is 5. The molecule has 1 N–H and O–H groups in total. The second-order valence-corrected chi connectivity index (χ2v) is 7.53. The zero-order valence-electron chi connectivity index (χ0n) is 12.9. The Morgan fingerprint density at radius 3 is 2.70 bits per heavy atom. The maximum atomic E-state index is 12.2. The maximum absolute atomic E-state index is 12.2. The third-order valence-corrected chi connectivity index (χ3v) is 5.59. The Labute approximate surface area is 134 Å². The third kappa shape index (κ3) is 3.07. The minimum absolute atomic E-state index is 0.154. The molecule has 1 aliphatic rings. The van der Waals surface area contributed by atoms with E-state index in [-0.39, 0.29) is 11.4 Å². The van der Waals surface area contributed by atoms with Crippen molar-refractivity contribution in [2.24, 2.45) is 0 Å². The van der Waals surface area contributed by atoms with Crippen LogP contribution in [-0.2, 0) is 10.0 Å². The molecule has 1 fully saturated rings. The molecule has 1 aromatic carbocycles.